The van der Waals surface area contributed by atoms with Crippen LogP contribution in [0.1, 0.15) is 45.7 Å². The Bertz CT molecular complexity index is 846. The van der Waals surface area contributed by atoms with Crippen LogP contribution in [0.4, 0.5) is 18.9 Å². The van der Waals surface area contributed by atoms with Gasteiger partial charge in [-0.25, -0.2) is 0 Å². The Morgan fingerprint density at radius 2 is 1.74 bits per heavy atom. The molecular formula is C19H18F3N3O2. The molecule has 0 spiro atoms. The van der Waals surface area contributed by atoms with Gasteiger partial charge in [0.15, 0.2) is 0 Å². The smallest absolute Gasteiger partial charge is 0.337 e. The summed E-state index contributed by atoms with van der Waals surface area (Å²) < 4.78 is 39.2. The number of para-hydroxylation sites is 1. The highest BCUT2D eigenvalue weighted by molar-refractivity contribution is 6.06. The first-order chi connectivity index (χ1) is 12.9. The molecule has 1 aliphatic rings. The van der Waals surface area contributed by atoms with Crippen molar-refractivity contribution in [2.45, 2.75) is 25.4 Å². The lowest BCUT2D eigenvalue weighted by Gasteiger charge is -2.26. The Morgan fingerprint density at radius 3 is 2.44 bits per heavy atom. The quantitative estimate of drug-likeness (QED) is 0.880. The zero-order chi connectivity index (χ0) is 19.4. The Labute approximate surface area is 154 Å². The molecule has 0 unspecified atom stereocenters. The van der Waals surface area contributed by atoms with Gasteiger partial charge in [0.1, 0.15) is 5.69 Å². The van der Waals surface area contributed by atoms with Gasteiger partial charge < -0.3 is 10.2 Å². The van der Waals surface area contributed by atoms with Crippen molar-refractivity contribution >= 4 is 17.5 Å². The van der Waals surface area contributed by atoms with Crippen LogP contribution in [0.3, 0.4) is 0 Å². The summed E-state index contributed by atoms with van der Waals surface area (Å²) in [5.41, 5.74) is -1.09. The topological polar surface area (TPSA) is 62.3 Å². The summed E-state index contributed by atoms with van der Waals surface area (Å²) >= 11 is 0. The van der Waals surface area contributed by atoms with E-state index in [4.69, 9.17) is 0 Å². The van der Waals surface area contributed by atoms with Gasteiger partial charge in [0, 0.05) is 24.8 Å². The molecule has 8 heteroatoms. The SMILES string of the molecule is O=C(Nc1ccccc1C(F)(F)F)c1ccnc(C(=O)N2CCCCC2)c1. The molecule has 1 aliphatic heterocycles. The molecule has 0 radical (unpaired) electrons. The second kappa shape index (κ2) is 7.77. The van der Waals surface area contributed by atoms with E-state index < -0.39 is 17.6 Å². The van der Waals surface area contributed by atoms with Gasteiger partial charge in [0.25, 0.3) is 11.8 Å². The summed E-state index contributed by atoms with van der Waals surface area (Å²) in [5, 5.41) is 2.27. The maximum absolute atomic E-state index is 13.1. The van der Waals surface area contributed by atoms with Gasteiger partial charge in [-0.1, -0.05) is 12.1 Å². The van der Waals surface area contributed by atoms with Crippen molar-refractivity contribution < 1.29 is 22.8 Å². The highest BCUT2D eigenvalue weighted by Gasteiger charge is 2.33. The fourth-order valence-corrected chi connectivity index (χ4v) is 2.98. The van der Waals surface area contributed by atoms with Crippen molar-refractivity contribution in [1.29, 1.82) is 0 Å². The van der Waals surface area contributed by atoms with E-state index in [1.807, 2.05) is 0 Å². The number of aromatic nitrogens is 1. The number of alkyl halides is 3. The first kappa shape index (κ1) is 18.9. The lowest BCUT2D eigenvalue weighted by molar-refractivity contribution is -0.136. The summed E-state index contributed by atoms with van der Waals surface area (Å²) in [5.74, 6) is -1.01. The predicted molar refractivity (Wildman–Crippen MR) is 93.4 cm³/mol. The molecule has 0 bridgehead atoms. The largest absolute Gasteiger partial charge is 0.418 e. The van der Waals surface area contributed by atoms with E-state index in [0.29, 0.717) is 13.1 Å². The first-order valence-electron chi connectivity index (χ1n) is 8.59. The van der Waals surface area contributed by atoms with Gasteiger partial charge in [-0.05, 0) is 43.5 Å². The molecule has 27 heavy (non-hydrogen) atoms. The molecule has 2 heterocycles. The highest BCUT2D eigenvalue weighted by Crippen LogP contribution is 2.34. The van der Waals surface area contributed by atoms with Gasteiger partial charge in [-0.3, -0.25) is 14.6 Å². The second-order valence-electron chi connectivity index (χ2n) is 6.28. The molecular weight excluding hydrogens is 359 g/mol. The van der Waals surface area contributed by atoms with Crippen molar-refractivity contribution in [3.8, 4) is 0 Å². The van der Waals surface area contributed by atoms with E-state index in [-0.39, 0.29) is 22.9 Å². The number of pyridine rings is 1. The number of piperidine rings is 1. The van der Waals surface area contributed by atoms with Crippen LogP contribution in [0.2, 0.25) is 0 Å². The summed E-state index contributed by atoms with van der Waals surface area (Å²) in [7, 11) is 0. The third-order valence-electron chi connectivity index (χ3n) is 4.37. The molecule has 1 N–H and O–H groups in total. The maximum atomic E-state index is 13.1. The van der Waals surface area contributed by atoms with Gasteiger partial charge in [0.2, 0.25) is 0 Å². The molecule has 1 aromatic carbocycles. The molecule has 2 aromatic rings. The monoisotopic (exact) mass is 377 g/mol. The normalized spacial score (nSPS) is 14.7. The fraction of sp³-hybridized carbons (Fsp3) is 0.316. The first-order valence-corrected chi connectivity index (χ1v) is 8.59. The molecule has 0 saturated carbocycles. The number of carbonyl (C=O) groups excluding carboxylic acids is 2. The van der Waals surface area contributed by atoms with E-state index in [1.165, 1.54) is 36.5 Å². The number of amides is 2. The average Bonchev–Trinajstić information content (AvgIpc) is 2.68. The number of nitrogens with one attached hydrogen (secondary N) is 1. The third-order valence-corrected chi connectivity index (χ3v) is 4.37. The number of benzene rings is 1. The highest BCUT2D eigenvalue weighted by atomic mass is 19.4. The van der Waals surface area contributed by atoms with Crippen LogP contribution in [-0.2, 0) is 6.18 Å². The number of nitrogens with zero attached hydrogens (tertiary/aromatic N) is 2. The summed E-state index contributed by atoms with van der Waals surface area (Å²) in [6.45, 7) is 1.27. The Hall–Kier alpha value is -2.90. The van der Waals surface area contributed by atoms with Crippen LogP contribution in [0.15, 0.2) is 42.6 Å². The molecule has 1 aromatic heterocycles. The van der Waals surface area contributed by atoms with Crippen molar-refractivity contribution in [2.75, 3.05) is 18.4 Å². The number of carbonyl (C=O) groups is 2. The van der Waals surface area contributed by atoms with Crippen LogP contribution >= 0.6 is 0 Å². The zero-order valence-electron chi connectivity index (χ0n) is 14.4. The molecule has 2 amide bonds. The Kier molecular flexibility index (Phi) is 5.43. The summed E-state index contributed by atoms with van der Waals surface area (Å²) in [4.78, 5) is 30.6. The van der Waals surface area contributed by atoms with E-state index in [1.54, 1.807) is 4.90 Å². The average molecular weight is 377 g/mol. The van der Waals surface area contributed by atoms with Crippen LogP contribution in [0.25, 0.3) is 0 Å². The minimum atomic E-state index is -4.59. The molecule has 0 aliphatic carbocycles. The second-order valence-corrected chi connectivity index (χ2v) is 6.28. The third kappa shape index (κ3) is 4.45. The number of anilines is 1. The van der Waals surface area contributed by atoms with Gasteiger partial charge in [-0.2, -0.15) is 13.2 Å². The molecule has 1 fully saturated rings. The van der Waals surface area contributed by atoms with Crippen molar-refractivity contribution in [3.05, 3.63) is 59.4 Å². The number of hydrogen-bond donors (Lipinski definition) is 1. The van der Waals surface area contributed by atoms with E-state index >= 15 is 0 Å². The maximum Gasteiger partial charge on any atom is 0.418 e. The van der Waals surface area contributed by atoms with Crippen LogP contribution in [0, 0.1) is 0 Å². The lowest BCUT2D eigenvalue weighted by Crippen LogP contribution is -2.36. The van der Waals surface area contributed by atoms with E-state index in [0.717, 1.165) is 25.3 Å². The molecule has 3 rings (SSSR count). The molecule has 0 atom stereocenters. The zero-order valence-corrected chi connectivity index (χ0v) is 14.4. The van der Waals surface area contributed by atoms with Gasteiger partial charge in [0.05, 0.1) is 11.3 Å². The predicted octanol–water partition coefficient (Wildman–Crippen LogP) is 3.98. The van der Waals surface area contributed by atoms with Gasteiger partial charge in [-0.15, -0.1) is 0 Å². The minimum absolute atomic E-state index is 0.0716. The molecule has 5 nitrogen and oxygen atoms in total. The van der Waals surface area contributed by atoms with Crippen LogP contribution in [-0.4, -0.2) is 34.8 Å². The fourth-order valence-electron chi connectivity index (χ4n) is 2.98. The van der Waals surface area contributed by atoms with Crippen molar-refractivity contribution in [1.82, 2.24) is 9.88 Å². The van der Waals surface area contributed by atoms with E-state index in [2.05, 4.69) is 10.3 Å². The Balaban J connectivity index is 1.79. The number of rotatable bonds is 3. The van der Waals surface area contributed by atoms with Crippen molar-refractivity contribution in [2.24, 2.45) is 0 Å². The standard InChI is InChI=1S/C19H18F3N3O2/c20-19(21,22)14-6-2-3-7-15(14)24-17(26)13-8-9-23-16(12-13)18(27)25-10-4-1-5-11-25/h2-3,6-9,12H,1,4-5,10-11H2,(H,24,26). The number of likely N-dealkylation sites (tertiary alicyclic amines) is 1. The van der Waals surface area contributed by atoms with E-state index in [9.17, 15) is 22.8 Å². The molecule has 142 valence electrons. The number of halogens is 3. The van der Waals surface area contributed by atoms with Crippen LogP contribution in [0.5, 0.6) is 0 Å². The van der Waals surface area contributed by atoms with Gasteiger partial charge >= 0.3 is 6.18 Å². The molecule has 1 saturated heterocycles. The van der Waals surface area contributed by atoms with Crippen LogP contribution < -0.4 is 5.32 Å². The summed E-state index contributed by atoms with van der Waals surface area (Å²) in [6, 6.07) is 7.40. The summed E-state index contributed by atoms with van der Waals surface area (Å²) in [6.07, 6.45) is -0.377. The lowest BCUT2D eigenvalue weighted by atomic mass is 10.1. The minimum Gasteiger partial charge on any atom is -0.337 e. The Morgan fingerprint density at radius 1 is 1.04 bits per heavy atom. The van der Waals surface area contributed by atoms with Crippen molar-refractivity contribution in [3.63, 3.8) is 0 Å². The number of hydrogen-bond acceptors (Lipinski definition) is 3.